The molecule has 1 amide bonds. The second kappa shape index (κ2) is 8.25. The number of hydrazone groups is 1. The Kier molecular flexibility index (Phi) is 5.78. The topological polar surface area (TPSA) is 51.1 Å². The Hall–Kier alpha value is -3.15. The second-order valence-electron chi connectivity index (χ2n) is 6.95. The number of anilines is 1. The Bertz CT molecular complexity index is 933. The molecular formula is C22H23FN2O3. The molecule has 6 heteroatoms. The van der Waals surface area contributed by atoms with Gasteiger partial charge in [0.25, 0.3) is 5.91 Å². The molecule has 0 N–H and O–H groups in total. The van der Waals surface area contributed by atoms with E-state index in [2.05, 4.69) is 18.9 Å². The lowest BCUT2D eigenvalue weighted by atomic mass is 10.1. The number of hydrogen-bond donors (Lipinski definition) is 0. The van der Waals surface area contributed by atoms with Crippen molar-refractivity contribution in [3.05, 3.63) is 59.4 Å². The minimum absolute atomic E-state index is 0.261. The van der Waals surface area contributed by atoms with Crippen LogP contribution in [0.3, 0.4) is 0 Å². The standard InChI is InChI=1S/C22H23FN2O3/c1-14(2)13-28-20-10-5-16(12-21(20)27-4)11-19-15(3)24-25(22(19)26)18-8-6-17(23)7-9-18/h5-12,14H,13H2,1-4H3. The molecule has 0 spiro atoms. The van der Waals surface area contributed by atoms with Gasteiger partial charge in [-0.05, 0) is 60.9 Å². The van der Waals surface area contributed by atoms with Crippen LogP contribution in [0.25, 0.3) is 6.08 Å². The lowest BCUT2D eigenvalue weighted by Crippen LogP contribution is -2.21. The number of halogens is 1. The van der Waals surface area contributed by atoms with Gasteiger partial charge < -0.3 is 9.47 Å². The molecule has 0 saturated carbocycles. The summed E-state index contributed by atoms with van der Waals surface area (Å²) in [6.45, 7) is 6.51. The summed E-state index contributed by atoms with van der Waals surface area (Å²) in [5.41, 5.74) is 2.38. The van der Waals surface area contributed by atoms with Crippen LogP contribution in [0.5, 0.6) is 11.5 Å². The first-order chi connectivity index (χ1) is 13.4. The van der Waals surface area contributed by atoms with Crippen LogP contribution in [0.4, 0.5) is 10.1 Å². The molecule has 1 heterocycles. The third-order valence-corrected chi connectivity index (χ3v) is 4.20. The molecule has 28 heavy (non-hydrogen) atoms. The van der Waals surface area contributed by atoms with Gasteiger partial charge in [0, 0.05) is 0 Å². The van der Waals surface area contributed by atoms with E-state index in [4.69, 9.17) is 9.47 Å². The molecule has 0 radical (unpaired) electrons. The monoisotopic (exact) mass is 382 g/mol. The van der Waals surface area contributed by atoms with Crippen LogP contribution in [0.2, 0.25) is 0 Å². The van der Waals surface area contributed by atoms with Crippen LogP contribution < -0.4 is 14.5 Å². The van der Waals surface area contributed by atoms with E-state index in [1.807, 2.05) is 18.2 Å². The molecule has 0 bridgehead atoms. The number of methoxy groups -OCH3 is 1. The Labute approximate surface area is 164 Å². The van der Waals surface area contributed by atoms with Crippen LogP contribution in [0, 0.1) is 11.7 Å². The number of rotatable bonds is 6. The van der Waals surface area contributed by atoms with Crippen molar-refractivity contribution < 1.29 is 18.7 Å². The average molecular weight is 382 g/mol. The molecule has 146 valence electrons. The van der Waals surface area contributed by atoms with Gasteiger partial charge >= 0.3 is 0 Å². The number of amides is 1. The van der Waals surface area contributed by atoms with E-state index in [0.29, 0.717) is 41.0 Å². The average Bonchev–Trinajstić information content (AvgIpc) is 2.95. The summed E-state index contributed by atoms with van der Waals surface area (Å²) in [4.78, 5) is 12.8. The van der Waals surface area contributed by atoms with Gasteiger partial charge in [-0.25, -0.2) is 4.39 Å². The van der Waals surface area contributed by atoms with Crippen molar-refractivity contribution in [2.24, 2.45) is 11.0 Å². The molecule has 0 unspecified atom stereocenters. The predicted molar refractivity (Wildman–Crippen MR) is 108 cm³/mol. The Balaban J connectivity index is 1.86. The molecule has 1 aliphatic heterocycles. The van der Waals surface area contributed by atoms with Gasteiger partial charge in [0.2, 0.25) is 0 Å². The zero-order valence-electron chi connectivity index (χ0n) is 16.4. The predicted octanol–water partition coefficient (Wildman–Crippen LogP) is 4.68. The summed E-state index contributed by atoms with van der Waals surface area (Å²) < 4.78 is 24.3. The van der Waals surface area contributed by atoms with Gasteiger partial charge in [0.15, 0.2) is 11.5 Å². The molecule has 1 aliphatic rings. The van der Waals surface area contributed by atoms with Crippen molar-refractivity contribution in [2.75, 3.05) is 18.7 Å². The van der Waals surface area contributed by atoms with E-state index in [1.165, 1.54) is 29.3 Å². The maximum Gasteiger partial charge on any atom is 0.280 e. The first-order valence-corrected chi connectivity index (χ1v) is 9.07. The molecule has 0 aliphatic carbocycles. The first kappa shape index (κ1) is 19.6. The van der Waals surface area contributed by atoms with Crippen molar-refractivity contribution in [1.82, 2.24) is 0 Å². The fourth-order valence-corrected chi connectivity index (χ4v) is 2.76. The van der Waals surface area contributed by atoms with Crippen molar-refractivity contribution in [3.8, 4) is 11.5 Å². The van der Waals surface area contributed by atoms with Crippen molar-refractivity contribution in [3.63, 3.8) is 0 Å². The first-order valence-electron chi connectivity index (χ1n) is 9.07. The van der Waals surface area contributed by atoms with Crippen LogP contribution >= 0.6 is 0 Å². The van der Waals surface area contributed by atoms with Crippen LogP contribution in [-0.4, -0.2) is 25.3 Å². The van der Waals surface area contributed by atoms with E-state index in [-0.39, 0.29) is 11.7 Å². The molecule has 0 fully saturated rings. The van der Waals surface area contributed by atoms with Crippen LogP contribution in [-0.2, 0) is 4.79 Å². The van der Waals surface area contributed by atoms with Gasteiger partial charge in [-0.3, -0.25) is 4.79 Å². The van der Waals surface area contributed by atoms with Crippen LogP contribution in [0.15, 0.2) is 53.1 Å². The van der Waals surface area contributed by atoms with E-state index < -0.39 is 0 Å². The molecule has 0 aromatic heterocycles. The zero-order chi connectivity index (χ0) is 20.3. The van der Waals surface area contributed by atoms with Crippen molar-refractivity contribution in [2.45, 2.75) is 20.8 Å². The van der Waals surface area contributed by atoms with Gasteiger partial charge in [0.1, 0.15) is 5.82 Å². The fraction of sp³-hybridized carbons (Fsp3) is 0.273. The summed E-state index contributed by atoms with van der Waals surface area (Å²) >= 11 is 0. The maximum atomic E-state index is 13.1. The lowest BCUT2D eigenvalue weighted by Gasteiger charge is -2.13. The molecule has 5 nitrogen and oxygen atoms in total. The minimum atomic E-state index is -0.362. The molecule has 2 aromatic carbocycles. The number of nitrogens with zero attached hydrogens (tertiary/aromatic N) is 2. The lowest BCUT2D eigenvalue weighted by molar-refractivity contribution is -0.114. The molecular weight excluding hydrogens is 359 g/mol. The summed E-state index contributed by atoms with van der Waals surface area (Å²) in [7, 11) is 1.58. The van der Waals surface area contributed by atoms with Crippen molar-refractivity contribution >= 4 is 23.4 Å². The van der Waals surface area contributed by atoms with Gasteiger partial charge in [-0.15, -0.1) is 0 Å². The van der Waals surface area contributed by atoms with Gasteiger partial charge in [-0.1, -0.05) is 19.9 Å². The summed E-state index contributed by atoms with van der Waals surface area (Å²) in [5, 5.41) is 5.59. The van der Waals surface area contributed by atoms with E-state index in [1.54, 1.807) is 20.1 Å². The molecule has 2 aromatic rings. The third-order valence-electron chi connectivity index (χ3n) is 4.20. The fourth-order valence-electron chi connectivity index (χ4n) is 2.76. The van der Waals surface area contributed by atoms with Gasteiger partial charge in [-0.2, -0.15) is 10.1 Å². The number of benzene rings is 2. The van der Waals surface area contributed by atoms with E-state index in [0.717, 1.165) is 5.56 Å². The maximum absolute atomic E-state index is 13.1. The van der Waals surface area contributed by atoms with E-state index in [9.17, 15) is 9.18 Å². The number of carbonyl (C=O) groups is 1. The number of ether oxygens (including phenoxy) is 2. The number of carbonyl (C=O) groups excluding carboxylic acids is 1. The largest absolute Gasteiger partial charge is 0.493 e. The molecule has 3 rings (SSSR count). The van der Waals surface area contributed by atoms with Crippen molar-refractivity contribution in [1.29, 1.82) is 0 Å². The molecule has 0 atom stereocenters. The zero-order valence-corrected chi connectivity index (χ0v) is 16.4. The third kappa shape index (κ3) is 4.22. The highest BCUT2D eigenvalue weighted by molar-refractivity contribution is 6.32. The summed E-state index contributed by atoms with van der Waals surface area (Å²) in [6.07, 6.45) is 1.76. The summed E-state index contributed by atoms with van der Waals surface area (Å²) in [6, 6.07) is 11.2. The van der Waals surface area contributed by atoms with Crippen LogP contribution in [0.1, 0.15) is 26.3 Å². The SMILES string of the molecule is COc1cc(C=C2C(=O)N(c3ccc(F)cc3)N=C2C)ccc1OCC(C)C. The quantitative estimate of drug-likeness (QED) is 0.682. The minimum Gasteiger partial charge on any atom is -0.493 e. The van der Waals surface area contributed by atoms with Gasteiger partial charge in [0.05, 0.1) is 30.7 Å². The summed E-state index contributed by atoms with van der Waals surface area (Å²) in [5.74, 6) is 1.04. The highest BCUT2D eigenvalue weighted by Gasteiger charge is 2.28. The normalized spacial score (nSPS) is 15.4. The van der Waals surface area contributed by atoms with E-state index >= 15 is 0 Å². The highest BCUT2D eigenvalue weighted by atomic mass is 19.1. The Morgan fingerprint density at radius 2 is 1.86 bits per heavy atom. The Morgan fingerprint density at radius 1 is 1.14 bits per heavy atom. The second-order valence-corrected chi connectivity index (χ2v) is 6.95. The number of hydrogen-bond acceptors (Lipinski definition) is 4. The Morgan fingerprint density at radius 3 is 2.50 bits per heavy atom. The highest BCUT2D eigenvalue weighted by Crippen LogP contribution is 2.31. The smallest absolute Gasteiger partial charge is 0.280 e. The molecule has 0 saturated heterocycles.